The minimum atomic E-state index is -0.629. The molecule has 2 aromatic carbocycles. The Morgan fingerprint density at radius 2 is 1.50 bits per heavy atom. The molecule has 0 fully saturated rings. The lowest BCUT2D eigenvalue weighted by Gasteiger charge is -2.25. The zero-order valence-corrected chi connectivity index (χ0v) is 11.9. The summed E-state index contributed by atoms with van der Waals surface area (Å²) < 4.78 is -0.629. The van der Waals surface area contributed by atoms with Crippen LogP contribution in [-0.2, 0) is 4.32 Å². The van der Waals surface area contributed by atoms with E-state index in [4.69, 9.17) is 0 Å². The van der Waals surface area contributed by atoms with E-state index in [2.05, 4.69) is 15.9 Å². The van der Waals surface area contributed by atoms with Crippen molar-refractivity contribution in [1.82, 2.24) is 0 Å². The number of rotatable bonds is 4. The molecule has 1 nitrogen and oxygen atoms in total. The third-order valence-corrected chi connectivity index (χ3v) is 4.49. The normalized spacial score (nSPS) is 13.9. The van der Waals surface area contributed by atoms with Gasteiger partial charge in [-0.25, -0.2) is 0 Å². The molecule has 1 atom stereocenters. The molecule has 0 spiro atoms. The maximum Gasteiger partial charge on any atom is 0.183 e. The Balaban J connectivity index is 2.43. The first-order chi connectivity index (χ1) is 8.68. The molecule has 1 unspecified atom stereocenters. The van der Waals surface area contributed by atoms with Crippen molar-refractivity contribution in [2.75, 3.05) is 0 Å². The van der Waals surface area contributed by atoms with Gasteiger partial charge in [0, 0.05) is 5.56 Å². The van der Waals surface area contributed by atoms with Gasteiger partial charge in [0.25, 0.3) is 0 Å². The minimum Gasteiger partial charge on any atom is -0.292 e. The highest BCUT2D eigenvalue weighted by molar-refractivity contribution is 9.10. The Hall–Kier alpha value is -1.41. The average molecular weight is 303 g/mol. The van der Waals surface area contributed by atoms with E-state index in [9.17, 15) is 4.79 Å². The smallest absolute Gasteiger partial charge is 0.183 e. The molecule has 0 bridgehead atoms. The second kappa shape index (κ2) is 5.49. The van der Waals surface area contributed by atoms with Crippen molar-refractivity contribution in [2.24, 2.45) is 0 Å². The van der Waals surface area contributed by atoms with Gasteiger partial charge in [0.15, 0.2) is 5.78 Å². The van der Waals surface area contributed by atoms with Gasteiger partial charge < -0.3 is 0 Å². The summed E-state index contributed by atoms with van der Waals surface area (Å²) in [6.07, 6.45) is 0.713. The number of halogens is 1. The molecule has 92 valence electrons. The van der Waals surface area contributed by atoms with Crippen LogP contribution in [0.25, 0.3) is 0 Å². The molecule has 0 aliphatic carbocycles. The van der Waals surface area contributed by atoms with Crippen LogP contribution in [0.2, 0.25) is 0 Å². The van der Waals surface area contributed by atoms with Gasteiger partial charge in [-0.3, -0.25) is 4.79 Å². The molecule has 0 N–H and O–H groups in total. The van der Waals surface area contributed by atoms with Crippen molar-refractivity contribution >= 4 is 21.7 Å². The van der Waals surface area contributed by atoms with Crippen LogP contribution in [0.5, 0.6) is 0 Å². The highest BCUT2D eigenvalue weighted by Crippen LogP contribution is 2.38. The zero-order chi connectivity index (χ0) is 13.0. The number of carbonyl (C=O) groups excluding carboxylic acids is 1. The maximum absolute atomic E-state index is 12.7. The molecule has 0 heterocycles. The van der Waals surface area contributed by atoms with Crippen LogP contribution in [0, 0.1) is 0 Å². The molecule has 0 aliphatic rings. The van der Waals surface area contributed by atoms with Gasteiger partial charge in [0.05, 0.1) is 0 Å². The Kier molecular flexibility index (Phi) is 3.97. The first kappa shape index (κ1) is 13.0. The number of carbonyl (C=O) groups is 1. The molecular formula is C16H15BrO. The molecule has 0 aromatic heterocycles. The van der Waals surface area contributed by atoms with Crippen molar-refractivity contribution in [3.8, 4) is 0 Å². The van der Waals surface area contributed by atoms with Crippen molar-refractivity contribution in [3.05, 3.63) is 71.8 Å². The lowest BCUT2D eigenvalue weighted by atomic mass is 9.88. The molecule has 0 amide bonds. The summed E-state index contributed by atoms with van der Waals surface area (Å²) in [6.45, 7) is 2.02. The lowest BCUT2D eigenvalue weighted by Crippen LogP contribution is -2.28. The first-order valence-electron chi connectivity index (χ1n) is 6.03. The van der Waals surface area contributed by atoms with Crippen LogP contribution in [0.3, 0.4) is 0 Å². The Morgan fingerprint density at radius 3 is 2.00 bits per heavy atom. The van der Waals surface area contributed by atoms with Crippen LogP contribution < -0.4 is 0 Å². The van der Waals surface area contributed by atoms with Crippen LogP contribution in [-0.4, -0.2) is 5.78 Å². The van der Waals surface area contributed by atoms with Gasteiger partial charge in [-0.05, 0) is 12.0 Å². The van der Waals surface area contributed by atoms with E-state index in [0.717, 1.165) is 11.1 Å². The molecule has 18 heavy (non-hydrogen) atoms. The third kappa shape index (κ3) is 2.39. The van der Waals surface area contributed by atoms with Crippen LogP contribution in [0.1, 0.15) is 29.3 Å². The van der Waals surface area contributed by atoms with Gasteiger partial charge in [0.2, 0.25) is 0 Å². The summed E-state index contributed by atoms with van der Waals surface area (Å²) in [5.74, 6) is 0.108. The summed E-state index contributed by atoms with van der Waals surface area (Å²) in [6, 6.07) is 19.3. The van der Waals surface area contributed by atoms with E-state index in [1.165, 1.54) is 0 Å². The molecule has 2 heteroatoms. The van der Waals surface area contributed by atoms with E-state index in [-0.39, 0.29) is 5.78 Å². The van der Waals surface area contributed by atoms with Gasteiger partial charge in [0.1, 0.15) is 4.32 Å². The van der Waals surface area contributed by atoms with Gasteiger partial charge in [-0.15, -0.1) is 0 Å². The SMILES string of the molecule is CCC(Br)(C(=O)c1ccccc1)c1ccccc1. The van der Waals surface area contributed by atoms with Gasteiger partial charge in [-0.1, -0.05) is 83.5 Å². The van der Waals surface area contributed by atoms with Crippen LogP contribution in [0.15, 0.2) is 60.7 Å². The second-order valence-electron chi connectivity index (χ2n) is 4.22. The summed E-state index contributed by atoms with van der Waals surface area (Å²) in [5, 5.41) is 0. The fourth-order valence-corrected chi connectivity index (χ4v) is 2.51. The predicted octanol–water partition coefficient (Wildman–Crippen LogP) is 4.57. The maximum atomic E-state index is 12.7. The second-order valence-corrected chi connectivity index (χ2v) is 5.57. The molecule has 0 radical (unpaired) electrons. The third-order valence-electron chi connectivity index (χ3n) is 3.11. The summed E-state index contributed by atoms with van der Waals surface area (Å²) >= 11 is 3.65. The zero-order valence-electron chi connectivity index (χ0n) is 10.3. The largest absolute Gasteiger partial charge is 0.292 e. The van der Waals surface area contributed by atoms with Gasteiger partial charge in [-0.2, -0.15) is 0 Å². The molecule has 2 rings (SSSR count). The summed E-state index contributed by atoms with van der Waals surface area (Å²) in [7, 11) is 0. The van der Waals surface area contributed by atoms with E-state index in [0.29, 0.717) is 6.42 Å². The molecule has 0 saturated carbocycles. The lowest BCUT2D eigenvalue weighted by molar-refractivity contribution is 0.0943. The highest BCUT2D eigenvalue weighted by atomic mass is 79.9. The fourth-order valence-electron chi connectivity index (χ4n) is 2.02. The van der Waals surface area contributed by atoms with Crippen molar-refractivity contribution in [2.45, 2.75) is 17.7 Å². The standard InChI is InChI=1S/C16H15BrO/c1-2-16(17,14-11-7-4-8-12-14)15(18)13-9-5-3-6-10-13/h3-12H,2H2,1H3. The number of hydrogen-bond donors (Lipinski definition) is 0. The van der Waals surface area contributed by atoms with Crippen molar-refractivity contribution in [3.63, 3.8) is 0 Å². The van der Waals surface area contributed by atoms with Crippen LogP contribution in [0.4, 0.5) is 0 Å². The number of hydrogen-bond acceptors (Lipinski definition) is 1. The quantitative estimate of drug-likeness (QED) is 0.597. The number of Topliss-reactive ketones (excluding diaryl/α,β-unsaturated/α-hetero) is 1. The fraction of sp³-hybridized carbons (Fsp3) is 0.188. The number of benzene rings is 2. The Morgan fingerprint density at radius 1 is 1.00 bits per heavy atom. The monoisotopic (exact) mass is 302 g/mol. The van der Waals surface area contributed by atoms with E-state index < -0.39 is 4.32 Å². The van der Waals surface area contributed by atoms with E-state index >= 15 is 0 Å². The van der Waals surface area contributed by atoms with Crippen molar-refractivity contribution < 1.29 is 4.79 Å². The predicted molar refractivity (Wildman–Crippen MR) is 78.1 cm³/mol. The Bertz CT molecular complexity index is 521. The summed E-state index contributed by atoms with van der Waals surface area (Å²) in [4.78, 5) is 12.7. The van der Waals surface area contributed by atoms with Crippen molar-refractivity contribution in [1.29, 1.82) is 0 Å². The average Bonchev–Trinajstić information content (AvgIpc) is 2.47. The van der Waals surface area contributed by atoms with E-state index in [1.807, 2.05) is 67.6 Å². The van der Waals surface area contributed by atoms with Gasteiger partial charge >= 0.3 is 0 Å². The van der Waals surface area contributed by atoms with Crippen LogP contribution >= 0.6 is 15.9 Å². The molecule has 2 aromatic rings. The minimum absolute atomic E-state index is 0.108. The molecular weight excluding hydrogens is 288 g/mol. The topological polar surface area (TPSA) is 17.1 Å². The molecule has 0 aliphatic heterocycles. The number of ketones is 1. The highest BCUT2D eigenvalue weighted by Gasteiger charge is 2.35. The molecule has 0 saturated heterocycles. The Labute approximate surface area is 116 Å². The number of alkyl halides is 1. The van der Waals surface area contributed by atoms with E-state index in [1.54, 1.807) is 0 Å². The summed E-state index contributed by atoms with van der Waals surface area (Å²) in [5.41, 5.74) is 1.74. The first-order valence-corrected chi connectivity index (χ1v) is 6.82.